The van der Waals surface area contributed by atoms with Crippen molar-refractivity contribution in [2.75, 3.05) is 27.2 Å². The maximum atomic E-state index is 12.9. The Balaban J connectivity index is 1.84. The number of aromatic nitrogens is 2. The molecule has 3 rings (SSSR count). The van der Waals surface area contributed by atoms with Crippen LogP contribution in [0.15, 0.2) is 41.7 Å². The zero-order chi connectivity index (χ0) is 20.3. The van der Waals surface area contributed by atoms with Gasteiger partial charge < -0.3 is 9.47 Å². The average Bonchev–Trinajstić information content (AvgIpc) is 3.28. The van der Waals surface area contributed by atoms with E-state index in [2.05, 4.69) is 41.0 Å². The summed E-state index contributed by atoms with van der Waals surface area (Å²) >= 11 is 0. The molecule has 0 radical (unpaired) electrons. The largest absolute Gasteiger partial charge is 0.317 e. The third-order valence-electron chi connectivity index (χ3n) is 5.61. The van der Waals surface area contributed by atoms with E-state index in [1.165, 1.54) is 5.56 Å². The van der Waals surface area contributed by atoms with Gasteiger partial charge in [-0.2, -0.15) is 0 Å². The number of hydrogen-bond donors (Lipinski definition) is 0. The van der Waals surface area contributed by atoms with Gasteiger partial charge in [-0.05, 0) is 46.3 Å². The highest BCUT2D eigenvalue weighted by atomic mass is 32.2. The number of benzene rings is 1. The van der Waals surface area contributed by atoms with Crippen LogP contribution in [0.5, 0.6) is 0 Å². The van der Waals surface area contributed by atoms with Gasteiger partial charge in [-0.25, -0.2) is 13.4 Å². The number of hydrogen-bond acceptors (Lipinski definition) is 5. The van der Waals surface area contributed by atoms with Gasteiger partial charge in [0.05, 0.1) is 17.1 Å². The number of likely N-dealkylation sites (tertiary alicyclic amines) is 1. The van der Waals surface area contributed by atoms with Crippen LogP contribution in [-0.2, 0) is 29.3 Å². The van der Waals surface area contributed by atoms with Gasteiger partial charge in [0.15, 0.2) is 0 Å². The van der Waals surface area contributed by atoms with Gasteiger partial charge in [-0.1, -0.05) is 30.3 Å². The SMILES string of the molecule is CC(C)S(=O)(=O)c1ncc(CN2CCC(N(C)C)C2)n1CCc1ccccc1. The molecule has 1 atom stereocenters. The van der Waals surface area contributed by atoms with Crippen LogP contribution in [0.3, 0.4) is 0 Å². The summed E-state index contributed by atoms with van der Waals surface area (Å²) in [5.41, 5.74) is 2.18. The van der Waals surface area contributed by atoms with Gasteiger partial charge in [-0.15, -0.1) is 0 Å². The lowest BCUT2D eigenvalue weighted by atomic mass is 10.1. The Kier molecular flexibility index (Phi) is 6.58. The summed E-state index contributed by atoms with van der Waals surface area (Å²) in [4.78, 5) is 9.02. The average molecular weight is 405 g/mol. The summed E-state index contributed by atoms with van der Waals surface area (Å²) in [5.74, 6) is 0. The van der Waals surface area contributed by atoms with E-state index in [0.717, 1.165) is 38.2 Å². The molecule has 0 spiro atoms. The first-order valence-corrected chi connectivity index (χ1v) is 11.5. The summed E-state index contributed by atoms with van der Waals surface area (Å²) in [6, 6.07) is 10.7. The predicted molar refractivity (Wildman–Crippen MR) is 112 cm³/mol. The Bertz CT molecular complexity index is 875. The molecule has 1 aliphatic heterocycles. The van der Waals surface area contributed by atoms with E-state index in [-0.39, 0.29) is 5.16 Å². The Morgan fingerprint density at radius 3 is 2.54 bits per heavy atom. The lowest BCUT2D eigenvalue weighted by Crippen LogP contribution is -2.31. The van der Waals surface area contributed by atoms with Crippen LogP contribution in [0.1, 0.15) is 31.5 Å². The number of aryl methyl sites for hydroxylation is 1. The lowest BCUT2D eigenvalue weighted by molar-refractivity contribution is 0.260. The highest BCUT2D eigenvalue weighted by Crippen LogP contribution is 2.21. The first-order valence-electron chi connectivity index (χ1n) is 10.00. The minimum absolute atomic E-state index is 0.205. The van der Waals surface area contributed by atoms with Gasteiger partial charge in [0.2, 0.25) is 15.0 Å². The van der Waals surface area contributed by atoms with E-state index in [1.54, 1.807) is 20.0 Å². The van der Waals surface area contributed by atoms with Gasteiger partial charge >= 0.3 is 0 Å². The highest BCUT2D eigenvalue weighted by molar-refractivity contribution is 7.91. The molecule has 0 N–H and O–H groups in total. The third kappa shape index (κ3) is 4.64. The van der Waals surface area contributed by atoms with Crippen molar-refractivity contribution >= 4 is 9.84 Å². The van der Waals surface area contributed by atoms with Crippen molar-refractivity contribution in [3.8, 4) is 0 Å². The predicted octanol–water partition coefficient (Wildman–Crippen LogP) is 2.44. The fraction of sp³-hybridized carbons (Fsp3) is 0.571. The molecule has 28 heavy (non-hydrogen) atoms. The molecule has 0 amide bonds. The number of rotatable bonds is 8. The smallest absolute Gasteiger partial charge is 0.228 e. The minimum atomic E-state index is -3.42. The maximum absolute atomic E-state index is 12.9. The molecule has 0 aliphatic carbocycles. The van der Waals surface area contributed by atoms with Crippen molar-refractivity contribution in [3.05, 3.63) is 47.8 Å². The van der Waals surface area contributed by atoms with Crippen LogP contribution in [-0.4, -0.2) is 66.2 Å². The molecular formula is C21H32N4O2S. The van der Waals surface area contributed by atoms with Crippen LogP contribution >= 0.6 is 0 Å². The zero-order valence-corrected chi connectivity index (χ0v) is 18.2. The normalized spacial score (nSPS) is 18.4. The van der Waals surface area contributed by atoms with Crippen LogP contribution in [0.25, 0.3) is 0 Å². The molecule has 1 fully saturated rings. The molecule has 1 aromatic carbocycles. The van der Waals surface area contributed by atoms with Gasteiger partial charge in [-0.3, -0.25) is 4.90 Å². The number of likely N-dealkylation sites (N-methyl/N-ethyl adjacent to an activating group) is 1. The Hall–Kier alpha value is -1.70. The summed E-state index contributed by atoms with van der Waals surface area (Å²) in [5, 5.41) is -0.278. The monoisotopic (exact) mass is 404 g/mol. The second-order valence-corrected chi connectivity index (χ2v) is 10.6. The lowest BCUT2D eigenvalue weighted by Gasteiger charge is -2.21. The fourth-order valence-electron chi connectivity index (χ4n) is 3.69. The Morgan fingerprint density at radius 2 is 1.93 bits per heavy atom. The van der Waals surface area contributed by atoms with E-state index < -0.39 is 15.1 Å². The Labute approximate surface area is 169 Å². The summed E-state index contributed by atoms with van der Waals surface area (Å²) in [7, 11) is 0.810. The Morgan fingerprint density at radius 1 is 1.21 bits per heavy atom. The highest BCUT2D eigenvalue weighted by Gasteiger charge is 2.29. The minimum Gasteiger partial charge on any atom is -0.317 e. The van der Waals surface area contributed by atoms with E-state index in [0.29, 0.717) is 12.6 Å². The molecule has 2 heterocycles. The van der Waals surface area contributed by atoms with Crippen LogP contribution in [0, 0.1) is 0 Å². The van der Waals surface area contributed by atoms with E-state index in [9.17, 15) is 8.42 Å². The van der Waals surface area contributed by atoms with Crippen molar-refractivity contribution in [1.29, 1.82) is 0 Å². The molecular weight excluding hydrogens is 372 g/mol. The number of nitrogens with zero attached hydrogens (tertiary/aromatic N) is 4. The molecule has 6 nitrogen and oxygen atoms in total. The first kappa shape index (κ1) is 21.0. The number of imidazole rings is 1. The zero-order valence-electron chi connectivity index (χ0n) is 17.4. The van der Waals surface area contributed by atoms with Crippen molar-refractivity contribution < 1.29 is 8.42 Å². The number of sulfone groups is 1. The topological polar surface area (TPSA) is 58.4 Å². The van der Waals surface area contributed by atoms with Crippen LogP contribution < -0.4 is 0 Å². The second kappa shape index (κ2) is 8.76. The molecule has 1 aliphatic rings. The third-order valence-corrected chi connectivity index (χ3v) is 7.68. The van der Waals surface area contributed by atoms with Gasteiger partial charge in [0, 0.05) is 32.2 Å². The van der Waals surface area contributed by atoms with Gasteiger partial charge in [0.1, 0.15) is 0 Å². The molecule has 0 saturated carbocycles. The fourth-order valence-corrected chi connectivity index (χ4v) is 4.82. The van der Waals surface area contributed by atoms with Crippen molar-refractivity contribution in [2.45, 2.75) is 56.2 Å². The van der Waals surface area contributed by atoms with Crippen LogP contribution in [0.2, 0.25) is 0 Å². The molecule has 1 unspecified atom stereocenters. The molecule has 1 aromatic heterocycles. The molecule has 7 heteroatoms. The van der Waals surface area contributed by atoms with E-state index in [1.807, 2.05) is 22.8 Å². The summed E-state index contributed by atoms with van der Waals surface area (Å²) < 4.78 is 27.6. The maximum Gasteiger partial charge on any atom is 0.228 e. The molecule has 2 aromatic rings. The first-order chi connectivity index (χ1) is 13.3. The van der Waals surface area contributed by atoms with Gasteiger partial charge in [0.25, 0.3) is 0 Å². The van der Waals surface area contributed by atoms with Crippen molar-refractivity contribution in [3.63, 3.8) is 0 Å². The van der Waals surface area contributed by atoms with Crippen molar-refractivity contribution in [1.82, 2.24) is 19.4 Å². The van der Waals surface area contributed by atoms with Crippen molar-refractivity contribution in [2.24, 2.45) is 0 Å². The molecule has 0 bridgehead atoms. The second-order valence-electron chi connectivity index (χ2n) is 8.15. The standard InChI is InChI=1S/C21H32N4O2S/c1-17(2)28(26,27)21-22-14-20(16-24-12-11-19(15-24)23(3)4)25(21)13-10-18-8-6-5-7-9-18/h5-9,14,17,19H,10-13,15-16H2,1-4H3. The van der Waals surface area contributed by atoms with E-state index >= 15 is 0 Å². The molecule has 1 saturated heterocycles. The summed E-state index contributed by atoms with van der Waals surface area (Å²) in [6.45, 7) is 6.81. The molecule has 154 valence electrons. The quantitative estimate of drug-likeness (QED) is 0.676. The van der Waals surface area contributed by atoms with E-state index in [4.69, 9.17) is 0 Å². The van der Waals surface area contributed by atoms with Crippen LogP contribution in [0.4, 0.5) is 0 Å². The summed E-state index contributed by atoms with van der Waals surface area (Å²) in [6.07, 6.45) is 3.68.